The predicted octanol–water partition coefficient (Wildman–Crippen LogP) is 5.09. The average molecular weight is 658 g/mol. The molecule has 46 heavy (non-hydrogen) atoms. The molecule has 2 atom stereocenters. The molecule has 0 fully saturated rings. The van der Waals surface area contributed by atoms with Gasteiger partial charge in [0.05, 0.1) is 45.5 Å². The van der Waals surface area contributed by atoms with Crippen LogP contribution in [0.5, 0.6) is 5.75 Å². The van der Waals surface area contributed by atoms with Gasteiger partial charge in [-0.15, -0.1) is 0 Å². The summed E-state index contributed by atoms with van der Waals surface area (Å²) in [6.07, 6.45) is -1.53. The molecule has 0 aromatic heterocycles. The van der Waals surface area contributed by atoms with Crippen LogP contribution in [0.1, 0.15) is 41.9 Å². The number of nitro benzene ring substituents is 2. The molecule has 18 heteroatoms. The lowest BCUT2D eigenvalue weighted by molar-refractivity contribution is -0.387. The number of azide groups is 1. The Kier molecular flexibility index (Phi) is 10.8. The van der Waals surface area contributed by atoms with Gasteiger partial charge in [0, 0.05) is 36.1 Å². The molecule has 2 unspecified atom stereocenters. The number of hydrogen-bond donors (Lipinski definition) is 0. The number of nitro groups is 2. The van der Waals surface area contributed by atoms with Crippen molar-refractivity contribution in [2.75, 3.05) is 18.9 Å². The molecular weight excluding hydrogens is 630 g/mol. The van der Waals surface area contributed by atoms with E-state index < -0.39 is 57.0 Å². The zero-order chi connectivity index (χ0) is 33.3. The van der Waals surface area contributed by atoms with Crippen LogP contribution in [-0.2, 0) is 52.9 Å². The Morgan fingerprint density at radius 2 is 1.63 bits per heavy atom. The van der Waals surface area contributed by atoms with Crippen molar-refractivity contribution in [2.24, 2.45) is 5.11 Å². The summed E-state index contributed by atoms with van der Waals surface area (Å²) < 4.78 is 54.7. The van der Waals surface area contributed by atoms with E-state index in [4.69, 9.17) is 28.7 Å². The normalized spacial score (nSPS) is 17.0. The number of esters is 1. The Morgan fingerprint density at radius 1 is 1.00 bits per heavy atom. The lowest BCUT2D eigenvalue weighted by atomic mass is 10.0. The van der Waals surface area contributed by atoms with Crippen LogP contribution in [0.4, 0.5) is 11.4 Å². The molecule has 4 rings (SSSR count). The Morgan fingerprint density at radius 3 is 2.24 bits per heavy atom. The van der Waals surface area contributed by atoms with E-state index in [1.54, 1.807) is 12.1 Å². The van der Waals surface area contributed by atoms with E-state index in [9.17, 15) is 33.4 Å². The van der Waals surface area contributed by atoms with Crippen LogP contribution in [0.25, 0.3) is 10.4 Å². The van der Waals surface area contributed by atoms with Gasteiger partial charge in [-0.3, -0.25) is 25.0 Å². The fraction of sp³-hybridized carbons (Fsp3) is 0.321. The first-order chi connectivity index (χ1) is 22.0. The molecule has 0 amide bonds. The molecule has 3 aromatic rings. The van der Waals surface area contributed by atoms with E-state index >= 15 is 0 Å². The van der Waals surface area contributed by atoms with Crippen LogP contribution < -0.4 is 4.18 Å². The van der Waals surface area contributed by atoms with Crippen molar-refractivity contribution in [1.82, 2.24) is 0 Å². The van der Waals surface area contributed by atoms with E-state index in [1.165, 1.54) is 54.6 Å². The maximum atomic E-state index is 12.9. The number of fused-ring (bicyclic) bond motifs is 1. The smallest absolute Gasteiger partial charge is 0.309 e. The number of hydrogen-bond acceptors (Lipinski definition) is 13. The third-order valence-corrected chi connectivity index (χ3v) is 7.86. The van der Waals surface area contributed by atoms with Gasteiger partial charge in [-0.2, -0.15) is 8.42 Å². The van der Waals surface area contributed by atoms with Gasteiger partial charge in [-0.1, -0.05) is 41.5 Å². The second kappa shape index (κ2) is 14.8. The average Bonchev–Trinajstić information content (AvgIpc) is 3.34. The van der Waals surface area contributed by atoms with E-state index in [1.807, 2.05) is 0 Å². The molecule has 0 saturated carbocycles. The zero-order valence-corrected chi connectivity index (χ0v) is 25.0. The number of carbonyl (C=O) groups excluding carboxylic acids is 1. The molecule has 3 aromatic carbocycles. The number of rotatable bonds is 16. The molecule has 1 aliphatic rings. The lowest BCUT2D eigenvalue weighted by Crippen LogP contribution is -2.36. The Bertz CT molecular complexity index is 1780. The van der Waals surface area contributed by atoms with Gasteiger partial charge in [0.15, 0.2) is 12.0 Å². The van der Waals surface area contributed by atoms with Crippen molar-refractivity contribution in [3.8, 4) is 5.75 Å². The Balaban J connectivity index is 1.77. The number of carbonyl (C=O) groups is 1. The fourth-order valence-corrected chi connectivity index (χ4v) is 5.57. The molecule has 0 spiro atoms. The first kappa shape index (κ1) is 33.8. The molecule has 1 heterocycles. The van der Waals surface area contributed by atoms with Crippen LogP contribution in [0.2, 0.25) is 0 Å². The largest absolute Gasteiger partial charge is 0.460 e. The topological polar surface area (TPSA) is 232 Å². The summed E-state index contributed by atoms with van der Waals surface area (Å²) in [7, 11) is -4.26. The molecule has 17 nitrogen and oxygen atoms in total. The van der Waals surface area contributed by atoms with Crippen molar-refractivity contribution in [3.05, 3.63) is 120 Å². The minimum atomic E-state index is -4.26. The lowest BCUT2D eigenvalue weighted by Gasteiger charge is -2.29. The third-order valence-electron chi connectivity index (χ3n) is 6.64. The third kappa shape index (κ3) is 8.12. The molecular formula is C28H27N5O12S. The van der Waals surface area contributed by atoms with Gasteiger partial charge in [0.2, 0.25) is 5.79 Å². The van der Waals surface area contributed by atoms with Gasteiger partial charge < -0.3 is 23.1 Å². The highest BCUT2D eigenvalue weighted by molar-refractivity contribution is 7.87. The summed E-state index contributed by atoms with van der Waals surface area (Å²) in [5.41, 5.74) is 8.41. The molecule has 0 aliphatic carbocycles. The molecule has 242 valence electrons. The first-order valence-corrected chi connectivity index (χ1v) is 15.1. The van der Waals surface area contributed by atoms with Gasteiger partial charge in [0.1, 0.15) is 6.61 Å². The highest BCUT2D eigenvalue weighted by Crippen LogP contribution is 2.50. The van der Waals surface area contributed by atoms with Crippen molar-refractivity contribution in [2.45, 2.75) is 38.6 Å². The van der Waals surface area contributed by atoms with Crippen molar-refractivity contribution < 1.29 is 46.2 Å². The number of para-hydroxylation sites is 2. The Hall–Kier alpha value is -5.13. The van der Waals surface area contributed by atoms with Crippen LogP contribution >= 0.6 is 0 Å². The zero-order valence-electron chi connectivity index (χ0n) is 24.2. The number of nitrogens with zero attached hydrogens (tertiary/aromatic N) is 5. The van der Waals surface area contributed by atoms with E-state index in [0.717, 1.165) is 6.92 Å². The summed E-state index contributed by atoms with van der Waals surface area (Å²) >= 11 is 0. The van der Waals surface area contributed by atoms with Gasteiger partial charge in [0.25, 0.3) is 11.4 Å². The molecule has 0 saturated heterocycles. The maximum Gasteiger partial charge on any atom is 0.309 e. The SMILES string of the molecule is CC(=O)OCC1(OCc2ccccc2[N+](=O)[O-])OC(OCc2ccccc2[N+](=O)[O-])c2c(OS(=O)(=O)CCCN=[N+]=[N-])cccc21. The minimum Gasteiger partial charge on any atom is -0.460 e. The van der Waals surface area contributed by atoms with Gasteiger partial charge >= 0.3 is 16.1 Å². The number of ether oxygens (including phenoxy) is 4. The van der Waals surface area contributed by atoms with E-state index in [-0.39, 0.29) is 59.0 Å². The van der Waals surface area contributed by atoms with Gasteiger partial charge in [-0.05, 0) is 30.2 Å². The van der Waals surface area contributed by atoms with E-state index in [0.29, 0.717) is 0 Å². The second-order valence-corrected chi connectivity index (χ2v) is 11.4. The standard InChI is InChI=1S/C28H27N5O12S/c1-19(34)42-18-28(43-17-21-9-3-5-12-24(21)33(37)38)22-10-6-13-25(45-46(39,40)15-7-14-30-31-29)26(22)27(44-28)41-16-20-8-2-4-11-23(20)32(35)36/h2-6,8-13,27H,7,14-18H2,1H3. The number of benzene rings is 3. The first-order valence-electron chi connectivity index (χ1n) is 13.5. The highest BCUT2D eigenvalue weighted by Gasteiger charge is 2.50. The van der Waals surface area contributed by atoms with Crippen LogP contribution in [0.15, 0.2) is 71.8 Å². The summed E-state index contributed by atoms with van der Waals surface area (Å²) in [5.74, 6) is -3.47. The van der Waals surface area contributed by atoms with Gasteiger partial charge in [-0.25, -0.2) is 0 Å². The van der Waals surface area contributed by atoms with Crippen LogP contribution in [0.3, 0.4) is 0 Å². The van der Waals surface area contributed by atoms with E-state index in [2.05, 4.69) is 10.0 Å². The monoisotopic (exact) mass is 657 g/mol. The second-order valence-electron chi connectivity index (χ2n) is 9.72. The summed E-state index contributed by atoms with van der Waals surface area (Å²) in [4.78, 5) is 36.5. The molecule has 0 bridgehead atoms. The molecule has 1 aliphatic heterocycles. The molecule has 0 radical (unpaired) electrons. The van der Waals surface area contributed by atoms with Crippen LogP contribution in [-0.4, -0.2) is 43.1 Å². The maximum absolute atomic E-state index is 12.9. The van der Waals surface area contributed by atoms with Crippen LogP contribution in [0, 0.1) is 20.2 Å². The predicted molar refractivity (Wildman–Crippen MR) is 157 cm³/mol. The van der Waals surface area contributed by atoms with Crippen molar-refractivity contribution in [1.29, 1.82) is 0 Å². The summed E-state index contributed by atoms with van der Waals surface area (Å²) in [6.45, 7) is -0.359. The fourth-order valence-electron chi connectivity index (χ4n) is 4.58. The highest BCUT2D eigenvalue weighted by atomic mass is 32.2. The summed E-state index contributed by atoms with van der Waals surface area (Å²) in [6, 6.07) is 15.8. The Labute approximate surface area is 261 Å². The van der Waals surface area contributed by atoms with Crippen molar-refractivity contribution in [3.63, 3.8) is 0 Å². The minimum absolute atomic E-state index is 0.00872. The van der Waals surface area contributed by atoms with Crippen molar-refractivity contribution >= 4 is 27.5 Å². The quantitative estimate of drug-likeness (QED) is 0.0286. The molecule has 0 N–H and O–H groups in total. The summed E-state index contributed by atoms with van der Waals surface area (Å²) in [5, 5.41) is 26.5.